The molecule has 104 valence electrons. The van der Waals surface area contributed by atoms with Gasteiger partial charge in [-0.05, 0) is 37.5 Å². The fourth-order valence-corrected chi connectivity index (χ4v) is 4.10. The monoisotopic (exact) mass is 321 g/mol. The van der Waals surface area contributed by atoms with Gasteiger partial charge in [0.25, 0.3) is 0 Å². The van der Waals surface area contributed by atoms with E-state index in [0.717, 1.165) is 6.42 Å². The van der Waals surface area contributed by atoms with Gasteiger partial charge in [-0.3, -0.25) is 4.79 Å². The van der Waals surface area contributed by atoms with Crippen molar-refractivity contribution >= 4 is 38.9 Å². The number of carbonyl (C=O) groups excluding carboxylic acids is 1. The van der Waals surface area contributed by atoms with E-state index in [1.54, 1.807) is 0 Å². The zero-order chi connectivity index (χ0) is 14.0. The third-order valence-corrected chi connectivity index (χ3v) is 5.93. The largest absolute Gasteiger partial charge is 0.355 e. The van der Waals surface area contributed by atoms with Crippen molar-refractivity contribution in [1.82, 2.24) is 5.32 Å². The first-order valence-electron chi connectivity index (χ1n) is 5.89. The Kier molecular flexibility index (Phi) is 4.38. The van der Waals surface area contributed by atoms with Crippen molar-refractivity contribution in [2.75, 3.05) is 6.54 Å². The molecule has 7 heteroatoms. The Morgan fingerprint density at radius 2 is 1.89 bits per heavy atom. The van der Waals surface area contributed by atoms with Crippen LogP contribution in [0.25, 0.3) is 0 Å². The van der Waals surface area contributed by atoms with Crippen molar-refractivity contribution in [3.05, 3.63) is 28.2 Å². The summed E-state index contributed by atoms with van der Waals surface area (Å²) in [5, 5.41) is 2.02. The molecule has 1 fully saturated rings. The Morgan fingerprint density at radius 1 is 1.16 bits per heavy atom. The van der Waals surface area contributed by atoms with Crippen LogP contribution >= 0.6 is 23.2 Å². The summed E-state index contributed by atoms with van der Waals surface area (Å²) in [6.07, 6.45) is 1.82. The third kappa shape index (κ3) is 3.04. The summed E-state index contributed by atoms with van der Waals surface area (Å²) in [5.74, 6) is -0.441. The molecule has 0 spiro atoms. The smallest absolute Gasteiger partial charge is 0.238 e. The van der Waals surface area contributed by atoms with Gasteiger partial charge in [0, 0.05) is 6.54 Å². The van der Waals surface area contributed by atoms with Crippen LogP contribution < -0.4 is 5.32 Å². The molecule has 0 saturated carbocycles. The first-order valence-corrected chi connectivity index (χ1v) is 8.20. The van der Waals surface area contributed by atoms with Crippen LogP contribution in [-0.4, -0.2) is 26.1 Å². The van der Waals surface area contributed by atoms with Crippen LogP contribution in [0.5, 0.6) is 0 Å². The van der Waals surface area contributed by atoms with E-state index >= 15 is 0 Å². The fraction of sp³-hybridized carbons (Fsp3) is 0.417. The summed E-state index contributed by atoms with van der Waals surface area (Å²) in [7, 11) is -3.73. The van der Waals surface area contributed by atoms with Gasteiger partial charge < -0.3 is 5.32 Å². The van der Waals surface area contributed by atoms with Gasteiger partial charge in [0.1, 0.15) is 5.25 Å². The maximum Gasteiger partial charge on any atom is 0.238 e. The van der Waals surface area contributed by atoms with Crippen LogP contribution in [0.15, 0.2) is 23.1 Å². The van der Waals surface area contributed by atoms with Gasteiger partial charge in [-0.1, -0.05) is 23.2 Å². The molecule has 0 aliphatic carbocycles. The summed E-state index contributed by atoms with van der Waals surface area (Å²) in [5.41, 5.74) is 0. The molecule has 1 aliphatic heterocycles. The highest BCUT2D eigenvalue weighted by Crippen LogP contribution is 2.28. The Balaban J connectivity index is 2.40. The molecule has 0 aromatic heterocycles. The lowest BCUT2D eigenvalue weighted by atomic mass is 10.2. The summed E-state index contributed by atoms with van der Waals surface area (Å²) < 4.78 is 24.9. The Morgan fingerprint density at radius 3 is 2.58 bits per heavy atom. The standard InChI is InChI=1S/C12H13Cl2NO3S/c13-9-5-4-8(7-10(9)14)19(17,18)11-3-1-2-6-15-12(11)16/h4-5,7,11H,1-3,6H2,(H,15,16). The number of nitrogens with one attached hydrogen (secondary N) is 1. The normalized spacial score (nSPS) is 20.7. The Hall–Kier alpha value is -0.780. The highest BCUT2D eigenvalue weighted by molar-refractivity contribution is 7.92. The van der Waals surface area contributed by atoms with Crippen molar-refractivity contribution in [1.29, 1.82) is 0 Å². The molecule has 0 radical (unpaired) electrons. The molecule has 1 unspecified atom stereocenters. The average molecular weight is 322 g/mol. The van der Waals surface area contributed by atoms with E-state index in [-0.39, 0.29) is 14.9 Å². The molecular formula is C12H13Cl2NO3S. The van der Waals surface area contributed by atoms with Crippen LogP contribution in [0.4, 0.5) is 0 Å². The molecule has 1 aromatic rings. The van der Waals surface area contributed by atoms with Gasteiger partial charge in [-0.15, -0.1) is 0 Å². The zero-order valence-corrected chi connectivity index (χ0v) is 12.4. The van der Waals surface area contributed by atoms with Crippen molar-refractivity contribution in [2.45, 2.75) is 29.4 Å². The molecule has 2 rings (SSSR count). The van der Waals surface area contributed by atoms with Crippen LogP contribution in [0, 0.1) is 0 Å². The fourth-order valence-electron chi connectivity index (χ4n) is 2.03. The van der Waals surface area contributed by atoms with E-state index < -0.39 is 21.0 Å². The molecular weight excluding hydrogens is 309 g/mol. The minimum Gasteiger partial charge on any atom is -0.355 e. The maximum absolute atomic E-state index is 12.5. The molecule has 1 amide bonds. The van der Waals surface area contributed by atoms with E-state index in [1.165, 1.54) is 18.2 Å². The topological polar surface area (TPSA) is 63.2 Å². The van der Waals surface area contributed by atoms with Gasteiger partial charge in [0.15, 0.2) is 9.84 Å². The first kappa shape index (κ1) is 14.6. The lowest BCUT2D eigenvalue weighted by Gasteiger charge is -2.14. The van der Waals surface area contributed by atoms with Crippen molar-refractivity contribution in [3.8, 4) is 0 Å². The lowest BCUT2D eigenvalue weighted by Crippen LogP contribution is -2.38. The molecule has 1 aromatic carbocycles. The molecule has 1 heterocycles. The Labute approximate surface area is 122 Å². The van der Waals surface area contributed by atoms with E-state index in [9.17, 15) is 13.2 Å². The summed E-state index contributed by atoms with van der Waals surface area (Å²) in [4.78, 5) is 11.9. The average Bonchev–Trinajstić information content (AvgIpc) is 2.57. The predicted octanol–water partition coefficient (Wildman–Crippen LogP) is 2.44. The third-order valence-electron chi connectivity index (χ3n) is 3.08. The molecule has 0 bridgehead atoms. The predicted molar refractivity (Wildman–Crippen MR) is 74.3 cm³/mol. The van der Waals surface area contributed by atoms with Crippen LogP contribution in [-0.2, 0) is 14.6 Å². The molecule has 1 saturated heterocycles. The number of sulfone groups is 1. The molecule has 1 N–H and O–H groups in total. The summed E-state index contributed by atoms with van der Waals surface area (Å²) in [6.45, 7) is 0.520. The molecule has 1 aliphatic rings. The van der Waals surface area contributed by atoms with Gasteiger partial charge in [-0.2, -0.15) is 0 Å². The van der Waals surface area contributed by atoms with E-state index in [2.05, 4.69) is 5.32 Å². The maximum atomic E-state index is 12.5. The molecule has 1 atom stereocenters. The van der Waals surface area contributed by atoms with Gasteiger partial charge in [-0.25, -0.2) is 8.42 Å². The van der Waals surface area contributed by atoms with Crippen molar-refractivity contribution in [2.24, 2.45) is 0 Å². The van der Waals surface area contributed by atoms with Crippen molar-refractivity contribution < 1.29 is 13.2 Å². The van der Waals surface area contributed by atoms with E-state index in [4.69, 9.17) is 23.2 Å². The van der Waals surface area contributed by atoms with Crippen LogP contribution in [0.2, 0.25) is 10.0 Å². The minimum absolute atomic E-state index is 0.0314. The number of rotatable bonds is 2. The number of hydrogen-bond acceptors (Lipinski definition) is 3. The second-order valence-electron chi connectivity index (χ2n) is 4.40. The van der Waals surface area contributed by atoms with Crippen LogP contribution in [0.3, 0.4) is 0 Å². The SMILES string of the molecule is O=C1NCCCCC1S(=O)(=O)c1ccc(Cl)c(Cl)c1. The second-order valence-corrected chi connectivity index (χ2v) is 7.34. The second kappa shape index (κ2) is 5.69. The number of carbonyl (C=O) groups is 1. The van der Waals surface area contributed by atoms with E-state index in [1.807, 2.05) is 0 Å². The van der Waals surface area contributed by atoms with E-state index in [0.29, 0.717) is 19.4 Å². The zero-order valence-electron chi connectivity index (χ0n) is 10.0. The number of amides is 1. The molecule has 4 nitrogen and oxygen atoms in total. The number of hydrogen-bond donors (Lipinski definition) is 1. The first-order chi connectivity index (χ1) is 8.93. The minimum atomic E-state index is -3.73. The summed E-state index contributed by atoms with van der Waals surface area (Å²) in [6, 6.07) is 4.09. The highest BCUT2D eigenvalue weighted by Gasteiger charge is 2.34. The van der Waals surface area contributed by atoms with Crippen LogP contribution in [0.1, 0.15) is 19.3 Å². The van der Waals surface area contributed by atoms with Crippen molar-refractivity contribution in [3.63, 3.8) is 0 Å². The lowest BCUT2D eigenvalue weighted by molar-refractivity contribution is -0.120. The van der Waals surface area contributed by atoms with Gasteiger partial charge in [0.05, 0.1) is 14.9 Å². The highest BCUT2D eigenvalue weighted by atomic mass is 35.5. The summed E-state index contributed by atoms with van der Waals surface area (Å²) >= 11 is 11.6. The van der Waals surface area contributed by atoms with Gasteiger partial charge >= 0.3 is 0 Å². The Bertz CT molecular complexity index is 601. The quantitative estimate of drug-likeness (QED) is 0.909. The number of benzene rings is 1. The number of halogens is 2. The molecule has 19 heavy (non-hydrogen) atoms. The van der Waals surface area contributed by atoms with Gasteiger partial charge in [0.2, 0.25) is 5.91 Å².